The Morgan fingerprint density at radius 1 is 1.04 bits per heavy atom. The second-order valence-corrected chi connectivity index (χ2v) is 5.84. The first kappa shape index (κ1) is 21.8. The number of carbonyl (C=O) groups excluding carboxylic acids is 2. The summed E-state index contributed by atoms with van der Waals surface area (Å²) in [7, 11) is 0. The summed E-state index contributed by atoms with van der Waals surface area (Å²) in [5.74, 6) is -3.59. The van der Waals surface area contributed by atoms with Crippen molar-refractivity contribution in [1.29, 1.82) is 0 Å². The van der Waals surface area contributed by atoms with Gasteiger partial charge in [-0.05, 0) is 18.6 Å². The SMILES string of the molecule is CCCCCCCCCC(=O)Oc1cc(OC(F)(F)F)ccc1C(=O)[O-]. The van der Waals surface area contributed by atoms with Gasteiger partial charge in [0.15, 0.2) is 0 Å². The molecule has 0 aliphatic heterocycles. The lowest BCUT2D eigenvalue weighted by atomic mass is 10.1. The molecule has 0 N–H and O–H groups in total. The van der Waals surface area contributed by atoms with E-state index in [1.807, 2.05) is 0 Å². The van der Waals surface area contributed by atoms with E-state index in [1.165, 1.54) is 6.42 Å². The number of carboxylic acid groups (broad SMARTS) is 1. The minimum Gasteiger partial charge on any atom is -0.545 e. The zero-order chi connectivity index (χ0) is 19.6. The number of halogens is 3. The molecule has 0 spiro atoms. The third-order valence-electron chi connectivity index (χ3n) is 3.61. The minimum absolute atomic E-state index is 0.0463. The first-order valence-corrected chi connectivity index (χ1v) is 8.54. The number of unbranched alkanes of at least 4 members (excludes halogenated alkanes) is 6. The zero-order valence-electron chi connectivity index (χ0n) is 14.6. The maximum absolute atomic E-state index is 12.3. The van der Waals surface area contributed by atoms with E-state index in [9.17, 15) is 27.9 Å². The molecule has 0 amide bonds. The van der Waals surface area contributed by atoms with E-state index in [0.717, 1.165) is 44.2 Å². The summed E-state index contributed by atoms with van der Waals surface area (Å²) in [6.45, 7) is 2.12. The molecular weight excluding hydrogens is 353 g/mol. The van der Waals surface area contributed by atoms with E-state index >= 15 is 0 Å². The molecule has 8 heteroatoms. The highest BCUT2D eigenvalue weighted by molar-refractivity contribution is 5.90. The summed E-state index contributed by atoms with van der Waals surface area (Å²) in [6.07, 6.45) is 2.00. The number of esters is 1. The lowest BCUT2D eigenvalue weighted by Crippen LogP contribution is -2.24. The van der Waals surface area contributed by atoms with Crippen LogP contribution in [0.1, 0.15) is 68.6 Å². The van der Waals surface area contributed by atoms with Crippen LogP contribution in [0.15, 0.2) is 18.2 Å². The lowest BCUT2D eigenvalue weighted by Gasteiger charge is -2.14. The highest BCUT2D eigenvalue weighted by atomic mass is 19.4. The second kappa shape index (κ2) is 10.7. The number of carbonyl (C=O) groups is 2. The molecule has 26 heavy (non-hydrogen) atoms. The Labute approximate surface area is 150 Å². The van der Waals surface area contributed by atoms with Crippen molar-refractivity contribution in [2.24, 2.45) is 0 Å². The van der Waals surface area contributed by atoms with Crippen molar-refractivity contribution in [3.8, 4) is 11.5 Å². The number of carboxylic acids is 1. The molecule has 0 radical (unpaired) electrons. The fraction of sp³-hybridized carbons (Fsp3) is 0.556. The zero-order valence-corrected chi connectivity index (χ0v) is 14.6. The van der Waals surface area contributed by atoms with E-state index in [4.69, 9.17) is 4.74 Å². The molecule has 1 aromatic carbocycles. The number of alkyl halides is 3. The van der Waals surface area contributed by atoms with Crippen LogP contribution in [0.25, 0.3) is 0 Å². The molecule has 1 aromatic rings. The maximum Gasteiger partial charge on any atom is 0.573 e. The number of benzene rings is 1. The molecular formula is C18H22F3O5-. The molecule has 0 bridgehead atoms. The van der Waals surface area contributed by atoms with Gasteiger partial charge in [0, 0.05) is 18.1 Å². The third kappa shape index (κ3) is 8.73. The van der Waals surface area contributed by atoms with Gasteiger partial charge in [-0.1, -0.05) is 45.4 Å². The molecule has 0 saturated heterocycles. The molecule has 0 fully saturated rings. The van der Waals surface area contributed by atoms with E-state index in [-0.39, 0.29) is 6.42 Å². The standard InChI is InChI=1S/C18H23F3O5/c1-2-3-4-5-6-7-8-9-16(22)25-15-12-13(26-18(19,20)21)10-11-14(15)17(23)24/h10-12H,2-9H2,1H3,(H,23,24)/p-1. The first-order chi connectivity index (χ1) is 12.2. The highest BCUT2D eigenvalue weighted by Gasteiger charge is 2.31. The Bertz CT molecular complexity index is 599. The molecule has 0 atom stereocenters. The van der Waals surface area contributed by atoms with Gasteiger partial charge < -0.3 is 19.4 Å². The Kier molecular flexibility index (Phi) is 8.95. The molecule has 1 rings (SSSR count). The fourth-order valence-corrected chi connectivity index (χ4v) is 2.35. The minimum atomic E-state index is -4.94. The number of aromatic carboxylic acids is 1. The van der Waals surface area contributed by atoms with Crippen LogP contribution in [0.5, 0.6) is 11.5 Å². The van der Waals surface area contributed by atoms with Crippen LogP contribution < -0.4 is 14.6 Å². The molecule has 0 saturated carbocycles. The van der Waals surface area contributed by atoms with E-state index < -0.39 is 35.4 Å². The van der Waals surface area contributed by atoms with E-state index in [0.29, 0.717) is 12.5 Å². The number of ether oxygens (including phenoxy) is 2. The van der Waals surface area contributed by atoms with Gasteiger partial charge in [0.2, 0.25) is 0 Å². The predicted octanol–water partition coefficient (Wildman–Crippen LogP) is 3.99. The quantitative estimate of drug-likeness (QED) is 0.332. The Morgan fingerprint density at radius 3 is 2.23 bits per heavy atom. The molecule has 0 heterocycles. The van der Waals surface area contributed by atoms with Gasteiger partial charge in [0.25, 0.3) is 0 Å². The molecule has 0 aliphatic carbocycles. The van der Waals surface area contributed by atoms with Crippen molar-refractivity contribution < 1.29 is 37.3 Å². The van der Waals surface area contributed by atoms with Crippen molar-refractivity contribution >= 4 is 11.9 Å². The van der Waals surface area contributed by atoms with Crippen LogP contribution in [-0.2, 0) is 4.79 Å². The normalized spacial score (nSPS) is 11.2. The monoisotopic (exact) mass is 375 g/mol. The summed E-state index contributed by atoms with van der Waals surface area (Å²) < 4.78 is 45.4. The van der Waals surface area contributed by atoms with Gasteiger partial charge in [-0.25, -0.2) is 0 Å². The second-order valence-electron chi connectivity index (χ2n) is 5.84. The Hall–Kier alpha value is -2.25. The number of hydrogen-bond donors (Lipinski definition) is 0. The summed E-state index contributed by atoms with van der Waals surface area (Å²) >= 11 is 0. The van der Waals surface area contributed by atoms with Gasteiger partial charge in [0.1, 0.15) is 11.5 Å². The summed E-state index contributed by atoms with van der Waals surface area (Å²) in [6, 6.07) is 2.36. The molecule has 0 aliphatic rings. The van der Waals surface area contributed by atoms with Crippen LogP contribution in [0, 0.1) is 0 Å². The van der Waals surface area contributed by atoms with Crippen molar-refractivity contribution in [2.45, 2.75) is 64.7 Å². The van der Waals surface area contributed by atoms with Crippen LogP contribution in [0.2, 0.25) is 0 Å². The van der Waals surface area contributed by atoms with Crippen molar-refractivity contribution in [3.05, 3.63) is 23.8 Å². The van der Waals surface area contributed by atoms with Gasteiger partial charge in [0.05, 0.1) is 5.97 Å². The molecule has 146 valence electrons. The van der Waals surface area contributed by atoms with Crippen LogP contribution in [0.4, 0.5) is 13.2 Å². The topological polar surface area (TPSA) is 75.7 Å². The first-order valence-electron chi connectivity index (χ1n) is 8.54. The van der Waals surface area contributed by atoms with Crippen molar-refractivity contribution in [2.75, 3.05) is 0 Å². The molecule has 0 aromatic heterocycles. The van der Waals surface area contributed by atoms with E-state index in [1.54, 1.807) is 0 Å². The molecule has 0 unspecified atom stereocenters. The average Bonchev–Trinajstić information content (AvgIpc) is 2.52. The van der Waals surface area contributed by atoms with Gasteiger partial charge in [-0.2, -0.15) is 0 Å². The van der Waals surface area contributed by atoms with E-state index in [2.05, 4.69) is 11.7 Å². The van der Waals surface area contributed by atoms with Gasteiger partial charge >= 0.3 is 12.3 Å². The van der Waals surface area contributed by atoms with Crippen molar-refractivity contribution in [3.63, 3.8) is 0 Å². The largest absolute Gasteiger partial charge is 0.573 e. The van der Waals surface area contributed by atoms with Crippen LogP contribution >= 0.6 is 0 Å². The fourth-order valence-electron chi connectivity index (χ4n) is 2.35. The van der Waals surface area contributed by atoms with Gasteiger partial charge in [-0.3, -0.25) is 4.79 Å². The average molecular weight is 375 g/mol. The van der Waals surface area contributed by atoms with Crippen LogP contribution in [-0.4, -0.2) is 18.3 Å². The van der Waals surface area contributed by atoms with Crippen molar-refractivity contribution in [1.82, 2.24) is 0 Å². The maximum atomic E-state index is 12.3. The molecule has 5 nitrogen and oxygen atoms in total. The summed E-state index contributed by atoms with van der Waals surface area (Å²) in [5, 5.41) is 11.0. The predicted molar refractivity (Wildman–Crippen MR) is 85.7 cm³/mol. The third-order valence-corrected chi connectivity index (χ3v) is 3.61. The highest BCUT2D eigenvalue weighted by Crippen LogP contribution is 2.29. The Morgan fingerprint density at radius 2 is 1.65 bits per heavy atom. The summed E-state index contributed by atoms with van der Waals surface area (Å²) in [5.41, 5.74) is -0.521. The lowest BCUT2D eigenvalue weighted by molar-refractivity contribution is -0.274. The summed E-state index contributed by atoms with van der Waals surface area (Å²) in [4.78, 5) is 22.8. The van der Waals surface area contributed by atoms with Gasteiger partial charge in [-0.15, -0.1) is 13.2 Å². The Balaban J connectivity index is 2.58. The number of rotatable bonds is 11. The smallest absolute Gasteiger partial charge is 0.545 e. The van der Waals surface area contributed by atoms with Crippen LogP contribution in [0.3, 0.4) is 0 Å². The number of hydrogen-bond acceptors (Lipinski definition) is 5.